The molecule has 2 rings (SSSR count). The van der Waals surface area contributed by atoms with Gasteiger partial charge in [0, 0.05) is 5.69 Å². The van der Waals surface area contributed by atoms with Crippen LogP contribution in [0.15, 0.2) is 30.6 Å². The molecule has 1 aromatic carbocycles. The summed E-state index contributed by atoms with van der Waals surface area (Å²) in [6, 6.07) is 9.15. The van der Waals surface area contributed by atoms with Crippen molar-refractivity contribution in [2.24, 2.45) is 0 Å². The molecule has 0 radical (unpaired) electrons. The van der Waals surface area contributed by atoms with Gasteiger partial charge in [0.1, 0.15) is 19.4 Å². The Hall–Kier alpha value is -4.25. The zero-order valence-electron chi connectivity index (χ0n) is 13.2. The number of aromatic carboxylic acids is 1. The van der Waals surface area contributed by atoms with Gasteiger partial charge in [-0.2, -0.15) is 10.5 Å². The third kappa shape index (κ3) is 3.98. The van der Waals surface area contributed by atoms with Crippen LogP contribution in [0.5, 0.6) is 0 Å². The van der Waals surface area contributed by atoms with Crippen LogP contribution in [0.1, 0.15) is 10.4 Å². The highest BCUT2D eigenvalue weighted by Crippen LogP contribution is 2.33. The fourth-order valence-electron chi connectivity index (χ4n) is 2.07. The van der Waals surface area contributed by atoms with Crippen molar-refractivity contribution in [3.05, 3.63) is 46.3 Å². The Bertz CT molecular complexity index is 899. The van der Waals surface area contributed by atoms with Gasteiger partial charge in [-0.15, -0.1) is 0 Å². The number of nitro groups is 1. The monoisotopic (exact) mass is 353 g/mol. The fraction of sp³-hybridized carbons (Fsp3) is 0.133. The Kier molecular flexibility index (Phi) is 5.59. The van der Waals surface area contributed by atoms with Crippen molar-refractivity contribution in [1.82, 2.24) is 9.97 Å². The van der Waals surface area contributed by atoms with E-state index in [1.165, 1.54) is 24.3 Å². The smallest absolute Gasteiger partial charge is 0.353 e. The number of carbonyl (C=O) groups is 1. The van der Waals surface area contributed by atoms with E-state index in [-0.39, 0.29) is 30.3 Å². The van der Waals surface area contributed by atoms with Gasteiger partial charge in [-0.05, 0) is 24.3 Å². The molecule has 0 atom stereocenters. The van der Waals surface area contributed by atoms with Gasteiger partial charge < -0.3 is 15.3 Å². The van der Waals surface area contributed by atoms with Crippen LogP contribution >= 0.6 is 0 Å². The first kappa shape index (κ1) is 18.1. The third-order valence-corrected chi connectivity index (χ3v) is 3.20. The van der Waals surface area contributed by atoms with Crippen LogP contribution in [0.25, 0.3) is 0 Å². The Labute approximate surface area is 146 Å². The van der Waals surface area contributed by atoms with Crippen molar-refractivity contribution in [3.63, 3.8) is 0 Å². The first-order chi connectivity index (χ1) is 12.5. The van der Waals surface area contributed by atoms with E-state index in [0.717, 1.165) is 11.2 Å². The van der Waals surface area contributed by atoms with E-state index in [4.69, 9.17) is 15.6 Å². The third-order valence-electron chi connectivity index (χ3n) is 3.20. The number of rotatable bonds is 7. The van der Waals surface area contributed by atoms with Crippen LogP contribution in [-0.4, -0.2) is 39.1 Å². The number of benzene rings is 1. The van der Waals surface area contributed by atoms with Gasteiger partial charge in [-0.1, -0.05) is 0 Å². The summed E-state index contributed by atoms with van der Waals surface area (Å²) >= 11 is 0. The lowest BCUT2D eigenvalue weighted by Crippen LogP contribution is -2.26. The second kappa shape index (κ2) is 8.03. The molecule has 130 valence electrons. The van der Waals surface area contributed by atoms with E-state index < -0.39 is 16.6 Å². The molecule has 0 aliphatic carbocycles. The zero-order valence-corrected chi connectivity index (χ0v) is 13.2. The van der Waals surface area contributed by atoms with Crippen LogP contribution in [0, 0.1) is 32.8 Å². The average Bonchev–Trinajstić information content (AvgIpc) is 2.61. The van der Waals surface area contributed by atoms with E-state index in [0.29, 0.717) is 5.69 Å². The molecule has 0 saturated heterocycles. The van der Waals surface area contributed by atoms with Gasteiger partial charge in [0.25, 0.3) is 0 Å². The van der Waals surface area contributed by atoms with E-state index in [2.05, 4.69) is 15.3 Å². The van der Waals surface area contributed by atoms with Crippen molar-refractivity contribution in [3.8, 4) is 12.1 Å². The van der Waals surface area contributed by atoms with Gasteiger partial charge in [0.05, 0.1) is 22.6 Å². The maximum atomic E-state index is 11.5. The number of hydrogen-bond acceptors (Lipinski definition) is 9. The average molecular weight is 353 g/mol. The molecule has 26 heavy (non-hydrogen) atoms. The number of aromatic nitrogens is 2. The van der Waals surface area contributed by atoms with Crippen LogP contribution in [-0.2, 0) is 0 Å². The number of carboxylic acid groups (broad SMARTS) is 1. The molecule has 0 unspecified atom stereocenters. The molecule has 1 aromatic heterocycles. The lowest BCUT2D eigenvalue weighted by molar-refractivity contribution is -0.383. The Morgan fingerprint density at radius 1 is 1.23 bits per heavy atom. The standard InChI is InChI=1S/C15H11N7O4/c16-5-7-21(8-6-17)14-12(22(25)26)13(18-9-19-14)20-11-3-1-10(2-4-11)15(23)24/h1-4,9H,7-8H2,(H,23,24)(H,18,19,20). The summed E-state index contributed by atoms with van der Waals surface area (Å²) in [4.78, 5) is 30.5. The molecule has 11 nitrogen and oxygen atoms in total. The topological polar surface area (TPSA) is 169 Å². The van der Waals surface area contributed by atoms with Crippen molar-refractivity contribution < 1.29 is 14.8 Å². The molecule has 0 amide bonds. The molecule has 0 saturated carbocycles. The molecule has 1 heterocycles. The van der Waals surface area contributed by atoms with Gasteiger partial charge in [0.2, 0.25) is 11.6 Å². The maximum Gasteiger partial charge on any atom is 0.353 e. The van der Waals surface area contributed by atoms with Gasteiger partial charge in [-0.3, -0.25) is 10.1 Å². The first-order valence-corrected chi connectivity index (χ1v) is 7.06. The molecule has 2 aromatic rings. The van der Waals surface area contributed by atoms with Crippen molar-refractivity contribution >= 4 is 29.0 Å². The first-order valence-electron chi connectivity index (χ1n) is 7.06. The summed E-state index contributed by atoms with van der Waals surface area (Å²) < 4.78 is 0. The van der Waals surface area contributed by atoms with Crippen LogP contribution in [0.2, 0.25) is 0 Å². The zero-order chi connectivity index (χ0) is 19.1. The summed E-state index contributed by atoms with van der Waals surface area (Å²) in [5.74, 6) is -1.42. The highest BCUT2D eigenvalue weighted by Gasteiger charge is 2.27. The lowest BCUT2D eigenvalue weighted by Gasteiger charge is -2.17. The number of anilines is 3. The summed E-state index contributed by atoms with van der Waals surface area (Å²) in [6.45, 7) is -0.531. The number of nitriles is 2. The molecule has 0 aliphatic heterocycles. The molecule has 0 aliphatic rings. The second-order valence-corrected chi connectivity index (χ2v) is 4.83. The minimum atomic E-state index is -1.10. The van der Waals surface area contributed by atoms with Crippen LogP contribution < -0.4 is 10.2 Å². The predicted octanol–water partition coefficient (Wildman–Crippen LogP) is 1.68. The Morgan fingerprint density at radius 3 is 2.35 bits per heavy atom. The molecule has 0 spiro atoms. The number of nitrogens with zero attached hydrogens (tertiary/aromatic N) is 6. The summed E-state index contributed by atoms with van der Waals surface area (Å²) in [5, 5.41) is 40.8. The minimum Gasteiger partial charge on any atom is -0.478 e. The molecular weight excluding hydrogens is 342 g/mol. The predicted molar refractivity (Wildman–Crippen MR) is 88.8 cm³/mol. The highest BCUT2D eigenvalue weighted by molar-refractivity contribution is 5.88. The number of nitrogens with one attached hydrogen (secondary N) is 1. The molecule has 11 heteroatoms. The van der Waals surface area contributed by atoms with E-state index >= 15 is 0 Å². The van der Waals surface area contributed by atoms with Crippen molar-refractivity contribution in [2.45, 2.75) is 0 Å². The summed E-state index contributed by atoms with van der Waals surface area (Å²) in [7, 11) is 0. The van der Waals surface area contributed by atoms with Crippen molar-refractivity contribution in [2.75, 3.05) is 23.3 Å². The Morgan fingerprint density at radius 2 is 1.85 bits per heavy atom. The normalized spacial score (nSPS) is 9.62. The quantitative estimate of drug-likeness (QED) is 0.424. The number of carboxylic acids is 1. The lowest BCUT2D eigenvalue weighted by atomic mass is 10.2. The van der Waals surface area contributed by atoms with E-state index in [1.54, 1.807) is 0 Å². The van der Waals surface area contributed by atoms with Gasteiger partial charge >= 0.3 is 11.7 Å². The SMILES string of the molecule is N#CCN(CC#N)c1ncnc(Nc2ccc(C(=O)O)cc2)c1[N+](=O)[O-]. The fourth-order valence-corrected chi connectivity index (χ4v) is 2.07. The summed E-state index contributed by atoms with van der Waals surface area (Å²) in [6.07, 6.45) is 1.07. The molecule has 0 bridgehead atoms. The van der Waals surface area contributed by atoms with E-state index in [9.17, 15) is 14.9 Å². The molecule has 0 fully saturated rings. The minimum absolute atomic E-state index is 0.0580. The van der Waals surface area contributed by atoms with Crippen LogP contribution in [0.4, 0.5) is 23.0 Å². The second-order valence-electron chi connectivity index (χ2n) is 4.83. The van der Waals surface area contributed by atoms with E-state index in [1.807, 2.05) is 12.1 Å². The summed E-state index contributed by atoms with van der Waals surface area (Å²) in [5.41, 5.74) is -0.0715. The highest BCUT2D eigenvalue weighted by atomic mass is 16.6. The molecular formula is C15H11N7O4. The van der Waals surface area contributed by atoms with Crippen LogP contribution in [0.3, 0.4) is 0 Å². The number of hydrogen-bond donors (Lipinski definition) is 2. The van der Waals surface area contributed by atoms with Crippen molar-refractivity contribution in [1.29, 1.82) is 10.5 Å². The largest absolute Gasteiger partial charge is 0.478 e. The van der Waals surface area contributed by atoms with Gasteiger partial charge in [0.15, 0.2) is 0 Å². The molecule has 2 N–H and O–H groups in total. The van der Waals surface area contributed by atoms with Gasteiger partial charge in [-0.25, -0.2) is 14.8 Å². The Balaban J connectivity index is 2.44. The maximum absolute atomic E-state index is 11.5.